The minimum atomic E-state index is -0.205. The fraction of sp³-hybridized carbons (Fsp3) is 0.500. The predicted molar refractivity (Wildman–Crippen MR) is 81.2 cm³/mol. The van der Waals surface area contributed by atoms with Gasteiger partial charge in [0.15, 0.2) is 0 Å². The van der Waals surface area contributed by atoms with E-state index in [1.807, 2.05) is 37.2 Å². The third kappa shape index (κ3) is 2.90. The molecule has 20 heavy (non-hydrogen) atoms. The highest BCUT2D eigenvalue weighted by Gasteiger charge is 2.18. The molecule has 1 unspecified atom stereocenters. The third-order valence-electron chi connectivity index (χ3n) is 3.18. The Balaban J connectivity index is 2.31. The summed E-state index contributed by atoms with van der Waals surface area (Å²) in [6, 6.07) is 2.02. The van der Waals surface area contributed by atoms with Crippen molar-refractivity contribution in [3.63, 3.8) is 0 Å². The molecule has 0 aliphatic rings. The fourth-order valence-electron chi connectivity index (χ4n) is 2.10. The van der Waals surface area contributed by atoms with E-state index in [1.54, 1.807) is 11.3 Å². The van der Waals surface area contributed by atoms with E-state index in [9.17, 15) is 4.79 Å². The van der Waals surface area contributed by atoms with Crippen LogP contribution in [0.4, 0.5) is 5.82 Å². The van der Waals surface area contributed by atoms with Crippen LogP contribution in [0.25, 0.3) is 10.2 Å². The number of aromatic nitrogens is 2. The molecule has 1 atom stereocenters. The quantitative estimate of drug-likeness (QED) is 0.793. The van der Waals surface area contributed by atoms with Crippen molar-refractivity contribution in [2.75, 3.05) is 25.6 Å². The van der Waals surface area contributed by atoms with E-state index >= 15 is 0 Å². The lowest BCUT2D eigenvalue weighted by Crippen LogP contribution is -2.30. The van der Waals surface area contributed by atoms with Crippen molar-refractivity contribution in [3.05, 3.63) is 17.3 Å². The van der Waals surface area contributed by atoms with Crippen molar-refractivity contribution >= 4 is 33.3 Å². The van der Waals surface area contributed by atoms with Gasteiger partial charge >= 0.3 is 5.97 Å². The number of hydrogen-bond donors (Lipinski definition) is 0. The highest BCUT2D eigenvalue weighted by molar-refractivity contribution is 7.16. The first kappa shape index (κ1) is 14.7. The van der Waals surface area contributed by atoms with Gasteiger partial charge in [-0.3, -0.25) is 4.79 Å². The zero-order chi connectivity index (χ0) is 14.7. The average Bonchev–Trinajstić information content (AvgIpc) is 2.92. The molecule has 0 aliphatic carbocycles. The van der Waals surface area contributed by atoms with Gasteiger partial charge in [-0.1, -0.05) is 13.8 Å². The zero-order valence-corrected chi connectivity index (χ0v) is 13.0. The molecular formula is C14H19N3O2S. The number of methoxy groups -OCH3 is 1. The fourth-order valence-corrected chi connectivity index (χ4v) is 2.88. The average molecular weight is 293 g/mol. The molecule has 0 saturated carbocycles. The minimum Gasteiger partial charge on any atom is -0.469 e. The van der Waals surface area contributed by atoms with Crippen LogP contribution >= 0.6 is 11.3 Å². The number of carbonyl (C=O) groups excluding carboxylic acids is 1. The van der Waals surface area contributed by atoms with Gasteiger partial charge in [-0.25, -0.2) is 9.97 Å². The molecule has 2 aromatic rings. The SMILES string of the molecule is CCc1nc(N(C)CC(C)C(=O)OC)c2ccsc2n1. The summed E-state index contributed by atoms with van der Waals surface area (Å²) in [6.45, 7) is 4.46. The number of esters is 1. The lowest BCUT2D eigenvalue weighted by Gasteiger charge is -2.22. The van der Waals surface area contributed by atoms with Crippen LogP contribution in [0.15, 0.2) is 11.4 Å². The van der Waals surface area contributed by atoms with Crippen molar-refractivity contribution in [2.24, 2.45) is 5.92 Å². The molecule has 2 rings (SSSR count). The Hall–Kier alpha value is -1.69. The van der Waals surface area contributed by atoms with Crippen molar-refractivity contribution in [2.45, 2.75) is 20.3 Å². The summed E-state index contributed by atoms with van der Waals surface area (Å²) < 4.78 is 4.77. The first-order valence-corrected chi connectivity index (χ1v) is 7.47. The summed E-state index contributed by atoms with van der Waals surface area (Å²) in [4.78, 5) is 23.6. The molecule has 0 saturated heterocycles. The molecular weight excluding hydrogens is 274 g/mol. The number of fused-ring (bicyclic) bond motifs is 1. The number of nitrogens with zero attached hydrogens (tertiary/aromatic N) is 3. The number of ether oxygens (including phenoxy) is 1. The van der Waals surface area contributed by atoms with Gasteiger partial charge in [-0.15, -0.1) is 11.3 Å². The lowest BCUT2D eigenvalue weighted by atomic mass is 10.1. The number of aryl methyl sites for hydroxylation is 1. The summed E-state index contributed by atoms with van der Waals surface area (Å²) >= 11 is 1.61. The Morgan fingerprint density at radius 2 is 2.25 bits per heavy atom. The van der Waals surface area contributed by atoms with Crippen molar-refractivity contribution in [1.82, 2.24) is 9.97 Å². The summed E-state index contributed by atoms with van der Waals surface area (Å²) in [7, 11) is 3.36. The van der Waals surface area contributed by atoms with Gasteiger partial charge < -0.3 is 9.64 Å². The zero-order valence-electron chi connectivity index (χ0n) is 12.2. The van der Waals surface area contributed by atoms with Crippen LogP contribution in [0.1, 0.15) is 19.7 Å². The molecule has 2 heterocycles. The maximum Gasteiger partial charge on any atom is 0.310 e. The van der Waals surface area contributed by atoms with Crippen LogP contribution in [-0.4, -0.2) is 36.6 Å². The van der Waals surface area contributed by atoms with Crippen molar-refractivity contribution in [1.29, 1.82) is 0 Å². The van der Waals surface area contributed by atoms with Crippen LogP contribution in [0.3, 0.4) is 0 Å². The monoisotopic (exact) mass is 293 g/mol. The lowest BCUT2D eigenvalue weighted by molar-refractivity contribution is -0.144. The molecule has 108 valence electrons. The molecule has 0 N–H and O–H groups in total. The summed E-state index contributed by atoms with van der Waals surface area (Å²) in [5.41, 5.74) is 0. The van der Waals surface area contributed by atoms with E-state index in [2.05, 4.69) is 9.97 Å². The number of thiophene rings is 1. The number of rotatable bonds is 5. The van der Waals surface area contributed by atoms with Gasteiger partial charge in [0.25, 0.3) is 0 Å². The topological polar surface area (TPSA) is 55.3 Å². The van der Waals surface area contributed by atoms with Crippen molar-refractivity contribution < 1.29 is 9.53 Å². The van der Waals surface area contributed by atoms with Crippen LogP contribution in [-0.2, 0) is 16.0 Å². The Morgan fingerprint density at radius 1 is 1.50 bits per heavy atom. The maximum atomic E-state index is 11.5. The van der Waals surface area contributed by atoms with E-state index in [1.165, 1.54) is 7.11 Å². The largest absolute Gasteiger partial charge is 0.469 e. The maximum absolute atomic E-state index is 11.5. The van der Waals surface area contributed by atoms with Gasteiger partial charge in [-0.2, -0.15) is 0 Å². The van der Waals surface area contributed by atoms with Gasteiger partial charge in [0, 0.05) is 20.0 Å². The second-order valence-electron chi connectivity index (χ2n) is 4.76. The van der Waals surface area contributed by atoms with Gasteiger partial charge in [0.1, 0.15) is 16.5 Å². The summed E-state index contributed by atoms with van der Waals surface area (Å²) in [6.07, 6.45) is 0.793. The molecule has 0 radical (unpaired) electrons. The Bertz CT molecular complexity index is 611. The second-order valence-corrected chi connectivity index (χ2v) is 5.66. The van der Waals surface area contributed by atoms with E-state index in [0.717, 1.165) is 28.3 Å². The third-order valence-corrected chi connectivity index (χ3v) is 3.99. The molecule has 0 fully saturated rings. The molecule has 0 amide bonds. The number of carbonyl (C=O) groups is 1. The highest BCUT2D eigenvalue weighted by Crippen LogP contribution is 2.27. The van der Waals surface area contributed by atoms with Crippen LogP contribution < -0.4 is 4.90 Å². The standard InChI is InChI=1S/C14H19N3O2S/c1-5-11-15-12(10-6-7-20-13(10)16-11)17(3)8-9(2)14(18)19-4/h6-7,9H,5,8H2,1-4H3. The highest BCUT2D eigenvalue weighted by atomic mass is 32.1. The smallest absolute Gasteiger partial charge is 0.310 e. The molecule has 0 spiro atoms. The van der Waals surface area contributed by atoms with Gasteiger partial charge in [0.2, 0.25) is 0 Å². The first-order chi connectivity index (χ1) is 9.56. The van der Waals surface area contributed by atoms with Crippen LogP contribution in [0.5, 0.6) is 0 Å². The Kier molecular flexibility index (Phi) is 4.54. The Labute approximate surface area is 122 Å². The van der Waals surface area contributed by atoms with Gasteiger partial charge in [0.05, 0.1) is 18.4 Å². The Morgan fingerprint density at radius 3 is 2.90 bits per heavy atom. The predicted octanol–water partition coefficient (Wildman–Crippen LogP) is 2.50. The summed E-state index contributed by atoms with van der Waals surface area (Å²) in [5, 5.41) is 3.05. The van der Waals surface area contributed by atoms with E-state index in [4.69, 9.17) is 4.74 Å². The minimum absolute atomic E-state index is 0.196. The molecule has 0 aliphatic heterocycles. The van der Waals surface area contributed by atoms with E-state index in [0.29, 0.717) is 6.54 Å². The van der Waals surface area contributed by atoms with E-state index < -0.39 is 0 Å². The van der Waals surface area contributed by atoms with E-state index in [-0.39, 0.29) is 11.9 Å². The number of hydrogen-bond acceptors (Lipinski definition) is 6. The number of anilines is 1. The van der Waals surface area contributed by atoms with Crippen molar-refractivity contribution in [3.8, 4) is 0 Å². The van der Waals surface area contributed by atoms with Gasteiger partial charge in [-0.05, 0) is 11.4 Å². The van der Waals surface area contributed by atoms with Crippen LogP contribution in [0.2, 0.25) is 0 Å². The second kappa shape index (κ2) is 6.17. The molecule has 5 nitrogen and oxygen atoms in total. The summed E-state index contributed by atoms with van der Waals surface area (Å²) in [5.74, 6) is 1.30. The molecule has 2 aromatic heterocycles. The molecule has 0 bridgehead atoms. The molecule has 0 aromatic carbocycles. The first-order valence-electron chi connectivity index (χ1n) is 6.59. The normalized spacial score (nSPS) is 12.4. The molecule has 6 heteroatoms. The van der Waals surface area contributed by atoms with Crippen LogP contribution in [0, 0.1) is 5.92 Å².